The lowest BCUT2D eigenvalue weighted by molar-refractivity contribution is -0.123. The Hall–Kier alpha value is -3.86. The van der Waals surface area contributed by atoms with E-state index in [1.807, 2.05) is 18.2 Å². The molecule has 11 heteroatoms. The number of halogens is 3. The summed E-state index contributed by atoms with van der Waals surface area (Å²) in [5.41, 5.74) is -2.99. The zero-order valence-electron chi connectivity index (χ0n) is 18.1. The molecule has 1 unspecified atom stereocenters. The van der Waals surface area contributed by atoms with Crippen LogP contribution in [0.25, 0.3) is 0 Å². The lowest BCUT2D eigenvalue weighted by Gasteiger charge is -2.28. The summed E-state index contributed by atoms with van der Waals surface area (Å²) in [4.78, 5) is 44.8. The third-order valence-electron chi connectivity index (χ3n) is 5.16. The average molecular weight is 501 g/mol. The van der Waals surface area contributed by atoms with Crippen molar-refractivity contribution in [2.75, 3.05) is 11.4 Å². The van der Waals surface area contributed by atoms with E-state index in [1.165, 1.54) is 41.6 Å². The number of nitrogens with zero attached hydrogens (tertiary/aromatic N) is 3. The fourth-order valence-electron chi connectivity index (χ4n) is 3.64. The van der Waals surface area contributed by atoms with Gasteiger partial charge in [0.05, 0.1) is 12.1 Å². The number of urea groups is 1. The molecule has 1 aromatic heterocycles. The number of nitrogens with one attached hydrogen (secondary N) is 1. The van der Waals surface area contributed by atoms with E-state index in [0.717, 1.165) is 10.5 Å². The maximum absolute atomic E-state index is 13.3. The molecule has 1 aliphatic heterocycles. The Morgan fingerprint density at radius 3 is 2.29 bits per heavy atom. The Morgan fingerprint density at radius 2 is 1.66 bits per heavy atom. The topological polar surface area (TPSA) is 82.6 Å². The minimum absolute atomic E-state index is 0.0694. The predicted molar refractivity (Wildman–Crippen MR) is 123 cm³/mol. The van der Waals surface area contributed by atoms with Crippen molar-refractivity contribution in [2.45, 2.75) is 23.0 Å². The first-order valence-corrected chi connectivity index (χ1v) is 11.3. The van der Waals surface area contributed by atoms with Crippen LogP contribution in [-0.4, -0.2) is 39.8 Å². The molecule has 2 aromatic carbocycles. The highest BCUT2D eigenvalue weighted by atomic mass is 32.2. The maximum atomic E-state index is 13.3. The van der Waals surface area contributed by atoms with Crippen molar-refractivity contribution in [1.29, 1.82) is 0 Å². The number of hydrogen-bond donors (Lipinski definition) is 1. The van der Waals surface area contributed by atoms with Crippen molar-refractivity contribution in [3.8, 4) is 0 Å². The van der Waals surface area contributed by atoms with Crippen molar-refractivity contribution in [2.24, 2.45) is 0 Å². The summed E-state index contributed by atoms with van der Waals surface area (Å²) < 4.78 is 37.8. The van der Waals surface area contributed by atoms with E-state index >= 15 is 0 Å². The molecule has 0 radical (unpaired) electrons. The molecule has 1 atom stereocenters. The van der Waals surface area contributed by atoms with E-state index in [0.29, 0.717) is 5.56 Å². The van der Waals surface area contributed by atoms with E-state index < -0.39 is 23.6 Å². The Kier molecular flexibility index (Phi) is 7.06. The summed E-state index contributed by atoms with van der Waals surface area (Å²) in [7, 11) is 0. The second-order valence-corrected chi connectivity index (χ2v) is 8.73. The van der Waals surface area contributed by atoms with Crippen LogP contribution in [0.3, 0.4) is 0 Å². The normalized spacial score (nSPS) is 14.8. The Balaban J connectivity index is 1.56. The number of imide groups is 1. The predicted octanol–water partition coefficient (Wildman–Crippen LogP) is 4.52. The second kappa shape index (κ2) is 10.2. The van der Waals surface area contributed by atoms with Gasteiger partial charge in [-0.1, -0.05) is 30.3 Å². The maximum Gasteiger partial charge on any atom is 0.446 e. The van der Waals surface area contributed by atoms with Crippen LogP contribution in [0.4, 0.5) is 23.7 Å². The van der Waals surface area contributed by atoms with Crippen LogP contribution in [0.2, 0.25) is 0 Å². The quantitative estimate of drug-likeness (QED) is 0.381. The highest BCUT2D eigenvalue weighted by Gasteiger charge is 2.42. The third kappa shape index (κ3) is 5.99. The summed E-state index contributed by atoms with van der Waals surface area (Å²) >= 11 is -0.288. The number of aromatic nitrogens is 1. The molecule has 35 heavy (non-hydrogen) atoms. The average Bonchev–Trinajstić information content (AvgIpc) is 3.12. The molecule has 4 amide bonds. The van der Waals surface area contributed by atoms with Crippen LogP contribution in [-0.2, 0) is 16.0 Å². The number of carbonyl (C=O) groups is 3. The van der Waals surface area contributed by atoms with Crippen molar-refractivity contribution < 1.29 is 27.6 Å². The summed E-state index contributed by atoms with van der Waals surface area (Å²) in [6.45, 7) is -0.323. The number of thioether (sulfide) groups is 1. The van der Waals surface area contributed by atoms with Gasteiger partial charge in [-0.2, -0.15) is 13.2 Å². The fourth-order valence-corrected chi connectivity index (χ4v) is 4.18. The van der Waals surface area contributed by atoms with Crippen molar-refractivity contribution in [3.05, 3.63) is 90.3 Å². The lowest BCUT2D eigenvalue weighted by atomic mass is 10.1. The van der Waals surface area contributed by atoms with Crippen LogP contribution >= 0.6 is 11.8 Å². The SMILES string of the molecule is O=C(Cc1ccccc1)NC(c1ccncc1)N1CC(=O)N(c2ccc(SC(F)(F)F)cc2)C1=O. The zero-order chi connectivity index (χ0) is 25.0. The third-order valence-corrected chi connectivity index (χ3v) is 5.90. The molecule has 0 saturated carbocycles. The number of amides is 4. The highest BCUT2D eigenvalue weighted by Crippen LogP contribution is 2.38. The standard InChI is InChI=1S/C24H19F3N4O3S/c25-24(26,27)35-19-8-6-18(7-9-19)31-21(33)15-30(23(31)34)22(17-10-12-28-13-11-17)29-20(32)14-16-4-2-1-3-5-16/h1-13,22H,14-15H2,(H,29,32). The molecule has 0 bridgehead atoms. The zero-order valence-corrected chi connectivity index (χ0v) is 18.9. The molecular weight excluding hydrogens is 481 g/mol. The molecule has 1 N–H and O–H groups in total. The summed E-state index contributed by atoms with van der Waals surface area (Å²) in [6, 6.07) is 16.5. The molecule has 4 rings (SSSR count). The van der Waals surface area contributed by atoms with E-state index in [2.05, 4.69) is 10.3 Å². The van der Waals surface area contributed by atoms with Gasteiger partial charge in [0, 0.05) is 17.3 Å². The molecule has 2 heterocycles. The van der Waals surface area contributed by atoms with Crippen molar-refractivity contribution in [3.63, 3.8) is 0 Å². The second-order valence-electron chi connectivity index (χ2n) is 7.59. The van der Waals surface area contributed by atoms with Gasteiger partial charge in [0.15, 0.2) is 0 Å². The van der Waals surface area contributed by atoms with Crippen molar-refractivity contribution >= 4 is 35.3 Å². The monoisotopic (exact) mass is 500 g/mol. The van der Waals surface area contributed by atoms with Gasteiger partial charge in [0.25, 0.3) is 5.91 Å². The molecule has 1 fully saturated rings. The van der Waals surface area contributed by atoms with Gasteiger partial charge < -0.3 is 5.32 Å². The number of pyridine rings is 1. The van der Waals surface area contributed by atoms with E-state index in [-0.39, 0.29) is 41.2 Å². The molecule has 3 aromatic rings. The molecule has 0 aliphatic carbocycles. The smallest absolute Gasteiger partial charge is 0.332 e. The van der Waals surface area contributed by atoms with Crippen molar-refractivity contribution in [1.82, 2.24) is 15.2 Å². The molecule has 180 valence electrons. The van der Waals surface area contributed by atoms with E-state index in [1.54, 1.807) is 24.3 Å². The van der Waals surface area contributed by atoms with Gasteiger partial charge >= 0.3 is 11.5 Å². The summed E-state index contributed by atoms with van der Waals surface area (Å²) in [5.74, 6) is -0.923. The molecule has 1 aliphatic rings. The molecular formula is C24H19F3N4O3S. The van der Waals surface area contributed by atoms with Gasteiger partial charge in [-0.15, -0.1) is 0 Å². The fraction of sp³-hybridized carbons (Fsp3) is 0.167. The van der Waals surface area contributed by atoms with Gasteiger partial charge in [-0.05, 0) is 59.3 Å². The Bertz CT molecular complexity index is 1210. The van der Waals surface area contributed by atoms with E-state index in [4.69, 9.17) is 0 Å². The van der Waals surface area contributed by atoms with Crippen LogP contribution in [0.15, 0.2) is 84.0 Å². The first-order valence-electron chi connectivity index (χ1n) is 10.4. The number of alkyl halides is 3. The molecule has 7 nitrogen and oxygen atoms in total. The van der Waals surface area contributed by atoms with E-state index in [9.17, 15) is 27.6 Å². The lowest BCUT2D eigenvalue weighted by Crippen LogP contribution is -2.44. The van der Waals surface area contributed by atoms with Crippen LogP contribution in [0.5, 0.6) is 0 Å². The highest BCUT2D eigenvalue weighted by molar-refractivity contribution is 8.00. The first kappa shape index (κ1) is 24.3. The number of benzene rings is 2. The number of rotatable bonds is 7. The molecule has 0 spiro atoms. The minimum atomic E-state index is -4.45. The van der Waals surface area contributed by atoms with Crippen LogP contribution < -0.4 is 10.2 Å². The number of anilines is 1. The first-order chi connectivity index (χ1) is 16.7. The Labute approximate surface area is 202 Å². The molecule has 1 saturated heterocycles. The summed E-state index contributed by atoms with van der Waals surface area (Å²) in [5, 5.41) is 2.81. The minimum Gasteiger partial charge on any atom is -0.332 e. The largest absolute Gasteiger partial charge is 0.446 e. The van der Waals surface area contributed by atoms with Crippen LogP contribution in [0, 0.1) is 0 Å². The van der Waals surface area contributed by atoms with Gasteiger partial charge in [0.2, 0.25) is 5.91 Å². The van der Waals surface area contributed by atoms with Gasteiger partial charge in [-0.3, -0.25) is 19.5 Å². The number of hydrogen-bond acceptors (Lipinski definition) is 5. The van der Waals surface area contributed by atoms with Gasteiger partial charge in [-0.25, -0.2) is 9.69 Å². The van der Waals surface area contributed by atoms with Gasteiger partial charge in [0.1, 0.15) is 12.7 Å². The van der Waals surface area contributed by atoms with Crippen LogP contribution in [0.1, 0.15) is 17.3 Å². The Morgan fingerprint density at radius 1 is 1.00 bits per heavy atom. The summed E-state index contributed by atoms with van der Waals surface area (Å²) in [6.07, 6.45) is 2.13. The number of carbonyl (C=O) groups excluding carboxylic acids is 3.